The van der Waals surface area contributed by atoms with Crippen LogP contribution in [0.3, 0.4) is 0 Å². The summed E-state index contributed by atoms with van der Waals surface area (Å²) in [6.45, 7) is 6.18. The maximum Gasteiger partial charge on any atom is 0.161 e. The predicted octanol–water partition coefficient (Wildman–Crippen LogP) is 1.42. The lowest BCUT2D eigenvalue weighted by Gasteiger charge is -2.08. The van der Waals surface area contributed by atoms with Gasteiger partial charge >= 0.3 is 0 Å². The number of nitrogen functional groups attached to an aromatic ring is 1. The van der Waals surface area contributed by atoms with Crippen LogP contribution in [0.25, 0.3) is 5.82 Å². The van der Waals surface area contributed by atoms with E-state index in [1.807, 2.05) is 6.92 Å². The van der Waals surface area contributed by atoms with E-state index in [2.05, 4.69) is 39.3 Å². The molecule has 2 aromatic heterocycles. The highest BCUT2D eigenvalue weighted by molar-refractivity contribution is 5.40. The standard InChI is InChI=1S/C13H21N7/c1-4-7-10-15-11(18-14)8-13(17-10)20-12(6-3)16-9(5-2)19-20/h8H,4-7,14H2,1-3H3,(H,15,17,18). The zero-order chi connectivity index (χ0) is 14.5. The quantitative estimate of drug-likeness (QED) is 0.611. The van der Waals surface area contributed by atoms with E-state index in [0.717, 1.165) is 43.2 Å². The van der Waals surface area contributed by atoms with Gasteiger partial charge < -0.3 is 5.43 Å². The number of hydrogen-bond acceptors (Lipinski definition) is 6. The van der Waals surface area contributed by atoms with Crippen LogP contribution in [0.1, 0.15) is 44.7 Å². The number of aromatic nitrogens is 5. The van der Waals surface area contributed by atoms with Gasteiger partial charge in [0.2, 0.25) is 0 Å². The molecule has 2 rings (SSSR count). The van der Waals surface area contributed by atoms with Crippen molar-refractivity contribution in [1.29, 1.82) is 0 Å². The Morgan fingerprint density at radius 1 is 1.10 bits per heavy atom. The van der Waals surface area contributed by atoms with Crippen molar-refractivity contribution < 1.29 is 0 Å². The molecule has 0 aromatic carbocycles. The maximum atomic E-state index is 5.48. The van der Waals surface area contributed by atoms with E-state index in [4.69, 9.17) is 5.84 Å². The second-order valence-corrected chi connectivity index (χ2v) is 4.49. The average Bonchev–Trinajstić information content (AvgIpc) is 2.90. The van der Waals surface area contributed by atoms with Gasteiger partial charge in [0.15, 0.2) is 11.6 Å². The molecule has 2 aromatic rings. The summed E-state index contributed by atoms with van der Waals surface area (Å²) in [6.07, 6.45) is 3.38. The first-order valence-corrected chi connectivity index (χ1v) is 7.01. The number of hydrogen-bond donors (Lipinski definition) is 2. The van der Waals surface area contributed by atoms with Crippen molar-refractivity contribution in [2.45, 2.75) is 46.5 Å². The molecule has 7 nitrogen and oxygen atoms in total. The zero-order valence-corrected chi connectivity index (χ0v) is 12.2. The van der Waals surface area contributed by atoms with Gasteiger partial charge in [-0.25, -0.2) is 20.8 Å². The maximum absolute atomic E-state index is 5.48. The van der Waals surface area contributed by atoms with Crippen LogP contribution in [0.15, 0.2) is 6.07 Å². The van der Waals surface area contributed by atoms with Gasteiger partial charge in [-0.2, -0.15) is 4.68 Å². The summed E-state index contributed by atoms with van der Waals surface area (Å²) in [7, 11) is 0. The molecule has 0 spiro atoms. The fourth-order valence-electron chi connectivity index (χ4n) is 1.95. The number of anilines is 1. The molecule has 0 radical (unpaired) electrons. The molecule has 108 valence electrons. The predicted molar refractivity (Wildman–Crippen MR) is 77.5 cm³/mol. The van der Waals surface area contributed by atoms with Gasteiger partial charge in [0.1, 0.15) is 17.5 Å². The molecule has 0 bridgehead atoms. The van der Waals surface area contributed by atoms with Gasteiger partial charge in [-0.1, -0.05) is 20.8 Å². The summed E-state index contributed by atoms with van der Waals surface area (Å²) in [5.74, 6) is 9.25. The lowest BCUT2D eigenvalue weighted by atomic mass is 10.3. The van der Waals surface area contributed by atoms with Crippen LogP contribution in [-0.2, 0) is 19.3 Å². The van der Waals surface area contributed by atoms with Gasteiger partial charge in [0, 0.05) is 25.3 Å². The lowest BCUT2D eigenvalue weighted by molar-refractivity contribution is 0.744. The number of nitrogens with one attached hydrogen (secondary N) is 1. The van der Waals surface area contributed by atoms with Crippen LogP contribution < -0.4 is 11.3 Å². The largest absolute Gasteiger partial charge is 0.308 e. The van der Waals surface area contributed by atoms with Crippen LogP contribution >= 0.6 is 0 Å². The van der Waals surface area contributed by atoms with Crippen molar-refractivity contribution >= 4 is 5.82 Å². The van der Waals surface area contributed by atoms with Gasteiger partial charge in [-0.05, 0) is 6.42 Å². The van der Waals surface area contributed by atoms with Crippen LogP contribution in [0.4, 0.5) is 5.82 Å². The summed E-state index contributed by atoms with van der Waals surface area (Å²) in [4.78, 5) is 13.4. The minimum atomic E-state index is 0.592. The molecule has 2 heterocycles. The Hall–Kier alpha value is -2.02. The van der Waals surface area contributed by atoms with E-state index >= 15 is 0 Å². The molecule has 0 saturated carbocycles. The lowest BCUT2D eigenvalue weighted by Crippen LogP contribution is -2.13. The summed E-state index contributed by atoms with van der Waals surface area (Å²) in [6, 6.07) is 1.78. The second-order valence-electron chi connectivity index (χ2n) is 4.49. The summed E-state index contributed by atoms with van der Waals surface area (Å²) < 4.78 is 1.78. The Labute approximate surface area is 118 Å². The third kappa shape index (κ3) is 2.93. The molecule has 0 saturated heterocycles. The van der Waals surface area contributed by atoms with Crippen molar-refractivity contribution in [3.8, 4) is 5.82 Å². The first kappa shape index (κ1) is 14.4. The number of rotatable bonds is 6. The minimum absolute atomic E-state index is 0.592. The zero-order valence-electron chi connectivity index (χ0n) is 12.2. The van der Waals surface area contributed by atoms with Gasteiger partial charge in [-0.15, -0.1) is 5.10 Å². The van der Waals surface area contributed by atoms with Crippen molar-refractivity contribution in [2.24, 2.45) is 5.84 Å². The molecule has 0 amide bonds. The van der Waals surface area contributed by atoms with E-state index in [-0.39, 0.29) is 0 Å². The number of nitrogens with two attached hydrogens (primary N) is 1. The number of hydrazine groups is 1. The average molecular weight is 275 g/mol. The number of nitrogens with zero attached hydrogens (tertiary/aromatic N) is 5. The molecule has 0 aliphatic rings. The molecule has 0 aliphatic carbocycles. The molecule has 0 unspecified atom stereocenters. The minimum Gasteiger partial charge on any atom is -0.308 e. The number of aryl methyl sites for hydroxylation is 3. The fourth-order valence-corrected chi connectivity index (χ4v) is 1.95. The molecule has 20 heavy (non-hydrogen) atoms. The molecule has 0 atom stereocenters. The summed E-state index contributed by atoms with van der Waals surface area (Å²) >= 11 is 0. The van der Waals surface area contributed by atoms with Crippen molar-refractivity contribution in [3.63, 3.8) is 0 Å². The van der Waals surface area contributed by atoms with E-state index in [1.54, 1.807) is 10.7 Å². The molecule has 0 aliphatic heterocycles. The molecule has 3 N–H and O–H groups in total. The Bertz CT molecular complexity index is 576. The topological polar surface area (TPSA) is 94.5 Å². The van der Waals surface area contributed by atoms with Crippen molar-refractivity contribution in [2.75, 3.05) is 5.43 Å². The normalized spacial score (nSPS) is 10.8. The molecule has 7 heteroatoms. The van der Waals surface area contributed by atoms with Crippen LogP contribution in [-0.4, -0.2) is 24.7 Å². The second kappa shape index (κ2) is 6.42. The van der Waals surface area contributed by atoms with E-state index in [0.29, 0.717) is 11.6 Å². The van der Waals surface area contributed by atoms with Gasteiger partial charge in [-0.3, -0.25) is 0 Å². The third-order valence-electron chi connectivity index (χ3n) is 2.95. The molecule has 0 fully saturated rings. The molecular weight excluding hydrogens is 254 g/mol. The Morgan fingerprint density at radius 2 is 1.90 bits per heavy atom. The monoisotopic (exact) mass is 275 g/mol. The first-order chi connectivity index (χ1) is 9.71. The van der Waals surface area contributed by atoms with Crippen LogP contribution in [0.5, 0.6) is 0 Å². The van der Waals surface area contributed by atoms with Crippen LogP contribution in [0, 0.1) is 0 Å². The fraction of sp³-hybridized carbons (Fsp3) is 0.538. The highest BCUT2D eigenvalue weighted by Gasteiger charge is 2.12. The van der Waals surface area contributed by atoms with Gasteiger partial charge in [0.05, 0.1) is 0 Å². The smallest absolute Gasteiger partial charge is 0.161 e. The highest BCUT2D eigenvalue weighted by Crippen LogP contribution is 2.13. The SMILES string of the molecule is CCCc1nc(NN)cc(-n2nc(CC)nc2CC)n1. The van der Waals surface area contributed by atoms with Gasteiger partial charge in [0.25, 0.3) is 0 Å². The Morgan fingerprint density at radius 3 is 2.50 bits per heavy atom. The van der Waals surface area contributed by atoms with Crippen LogP contribution in [0.2, 0.25) is 0 Å². The first-order valence-electron chi connectivity index (χ1n) is 7.01. The van der Waals surface area contributed by atoms with E-state index in [1.165, 1.54) is 0 Å². The van der Waals surface area contributed by atoms with E-state index in [9.17, 15) is 0 Å². The van der Waals surface area contributed by atoms with E-state index < -0.39 is 0 Å². The summed E-state index contributed by atoms with van der Waals surface area (Å²) in [5.41, 5.74) is 2.58. The summed E-state index contributed by atoms with van der Waals surface area (Å²) in [5, 5.41) is 4.49. The Kier molecular flexibility index (Phi) is 4.62. The Balaban J connectivity index is 2.50. The molecular formula is C13H21N7. The van der Waals surface area contributed by atoms with Crippen molar-refractivity contribution in [1.82, 2.24) is 24.7 Å². The van der Waals surface area contributed by atoms with Crippen molar-refractivity contribution in [3.05, 3.63) is 23.5 Å². The third-order valence-corrected chi connectivity index (χ3v) is 2.95. The highest BCUT2D eigenvalue weighted by atomic mass is 15.4.